The minimum atomic E-state index is -0.0360. The molecule has 1 saturated heterocycles. The average Bonchev–Trinajstić information content (AvgIpc) is 2.45. The number of hydrogen-bond donors (Lipinski definition) is 1. The summed E-state index contributed by atoms with van der Waals surface area (Å²) in [5.41, 5.74) is 7.26. The molecular weight excluding hydrogens is 252 g/mol. The lowest BCUT2D eigenvalue weighted by molar-refractivity contribution is -0.0591. The Balaban J connectivity index is 2.24. The number of rotatable bonds is 4. The van der Waals surface area contributed by atoms with E-state index in [1.807, 2.05) is 12.1 Å². The molecule has 0 amide bonds. The monoisotopic (exact) mass is 278 g/mol. The van der Waals surface area contributed by atoms with Gasteiger partial charge in [0.05, 0.1) is 24.9 Å². The zero-order chi connectivity index (χ0) is 14.8. The molecule has 1 aliphatic rings. The summed E-state index contributed by atoms with van der Waals surface area (Å²) in [7, 11) is 3.81. The van der Waals surface area contributed by atoms with E-state index in [9.17, 15) is 0 Å². The van der Waals surface area contributed by atoms with Gasteiger partial charge in [0.1, 0.15) is 5.75 Å². The standard InChI is InChI=1S/C16H26N2O2/c1-12-9-16(11-17,10-13(2)20-12)18(3)14-5-7-15(19-4)8-6-14/h5-8,12-13H,9-11,17H2,1-4H3. The van der Waals surface area contributed by atoms with E-state index in [1.165, 1.54) is 0 Å². The van der Waals surface area contributed by atoms with Crippen LogP contribution in [0.25, 0.3) is 0 Å². The number of nitrogens with two attached hydrogens (primary N) is 1. The van der Waals surface area contributed by atoms with Crippen molar-refractivity contribution in [1.29, 1.82) is 0 Å². The summed E-state index contributed by atoms with van der Waals surface area (Å²) >= 11 is 0. The van der Waals surface area contributed by atoms with Crippen molar-refractivity contribution in [3.63, 3.8) is 0 Å². The van der Waals surface area contributed by atoms with Gasteiger partial charge in [-0.05, 0) is 51.0 Å². The molecule has 2 unspecified atom stereocenters. The van der Waals surface area contributed by atoms with Crippen LogP contribution in [0.2, 0.25) is 0 Å². The number of likely N-dealkylation sites (N-methyl/N-ethyl adjacent to an activating group) is 1. The predicted molar refractivity (Wildman–Crippen MR) is 82.4 cm³/mol. The second-order valence-electron chi connectivity index (χ2n) is 5.85. The van der Waals surface area contributed by atoms with E-state index < -0.39 is 0 Å². The van der Waals surface area contributed by atoms with Crippen molar-refractivity contribution in [2.75, 3.05) is 25.6 Å². The van der Waals surface area contributed by atoms with Crippen LogP contribution in [0.15, 0.2) is 24.3 Å². The second-order valence-corrected chi connectivity index (χ2v) is 5.85. The Morgan fingerprint density at radius 2 is 1.80 bits per heavy atom. The maximum atomic E-state index is 6.14. The zero-order valence-electron chi connectivity index (χ0n) is 12.9. The first-order valence-electron chi connectivity index (χ1n) is 7.24. The topological polar surface area (TPSA) is 47.7 Å². The molecule has 1 aliphatic heterocycles. The molecule has 112 valence electrons. The molecule has 0 aliphatic carbocycles. The van der Waals surface area contributed by atoms with Crippen molar-refractivity contribution in [3.05, 3.63) is 24.3 Å². The molecule has 1 fully saturated rings. The molecule has 1 heterocycles. The van der Waals surface area contributed by atoms with E-state index in [0.717, 1.165) is 24.3 Å². The van der Waals surface area contributed by atoms with Crippen LogP contribution in [0.4, 0.5) is 5.69 Å². The highest BCUT2D eigenvalue weighted by molar-refractivity contribution is 5.51. The van der Waals surface area contributed by atoms with Gasteiger partial charge in [0.2, 0.25) is 0 Å². The van der Waals surface area contributed by atoms with Gasteiger partial charge < -0.3 is 20.1 Å². The van der Waals surface area contributed by atoms with Gasteiger partial charge in [-0.1, -0.05) is 0 Å². The van der Waals surface area contributed by atoms with Crippen molar-refractivity contribution < 1.29 is 9.47 Å². The van der Waals surface area contributed by atoms with Crippen molar-refractivity contribution in [2.45, 2.75) is 44.4 Å². The minimum absolute atomic E-state index is 0.0360. The van der Waals surface area contributed by atoms with Crippen LogP contribution in [0.5, 0.6) is 5.75 Å². The fourth-order valence-electron chi connectivity index (χ4n) is 3.30. The van der Waals surface area contributed by atoms with Crippen LogP contribution < -0.4 is 15.4 Å². The van der Waals surface area contributed by atoms with Crippen molar-refractivity contribution in [1.82, 2.24) is 0 Å². The van der Waals surface area contributed by atoms with Gasteiger partial charge in [-0.2, -0.15) is 0 Å². The lowest BCUT2D eigenvalue weighted by Crippen LogP contribution is -2.58. The number of hydrogen-bond acceptors (Lipinski definition) is 4. The summed E-state index contributed by atoms with van der Waals surface area (Å²) in [5.74, 6) is 0.873. The van der Waals surface area contributed by atoms with E-state index in [-0.39, 0.29) is 17.7 Å². The third-order valence-electron chi connectivity index (χ3n) is 4.35. The van der Waals surface area contributed by atoms with E-state index >= 15 is 0 Å². The quantitative estimate of drug-likeness (QED) is 0.919. The molecule has 0 saturated carbocycles. The van der Waals surface area contributed by atoms with E-state index in [2.05, 4.69) is 37.9 Å². The van der Waals surface area contributed by atoms with Crippen molar-refractivity contribution >= 4 is 5.69 Å². The highest BCUT2D eigenvalue weighted by atomic mass is 16.5. The van der Waals surface area contributed by atoms with Crippen LogP contribution in [0.1, 0.15) is 26.7 Å². The number of benzene rings is 1. The minimum Gasteiger partial charge on any atom is -0.497 e. The molecule has 4 nitrogen and oxygen atoms in total. The predicted octanol–water partition coefficient (Wildman–Crippen LogP) is 2.42. The first-order valence-corrected chi connectivity index (χ1v) is 7.24. The normalized spacial score (nSPS) is 30.1. The molecule has 2 atom stereocenters. The molecule has 0 bridgehead atoms. The van der Waals surface area contributed by atoms with E-state index in [4.69, 9.17) is 15.2 Å². The summed E-state index contributed by atoms with van der Waals surface area (Å²) in [6.45, 7) is 4.89. The number of ether oxygens (including phenoxy) is 2. The first-order chi connectivity index (χ1) is 9.50. The van der Waals surface area contributed by atoms with Crippen LogP contribution in [-0.4, -0.2) is 38.4 Å². The Morgan fingerprint density at radius 3 is 2.25 bits per heavy atom. The Bertz CT molecular complexity index is 423. The van der Waals surface area contributed by atoms with Gasteiger partial charge >= 0.3 is 0 Å². The molecule has 0 radical (unpaired) electrons. The highest BCUT2D eigenvalue weighted by Gasteiger charge is 2.41. The van der Waals surface area contributed by atoms with Gasteiger partial charge in [0.25, 0.3) is 0 Å². The Kier molecular flexibility index (Phi) is 4.55. The van der Waals surface area contributed by atoms with E-state index in [0.29, 0.717) is 6.54 Å². The molecule has 0 aromatic heterocycles. The third-order valence-corrected chi connectivity index (χ3v) is 4.35. The van der Waals surface area contributed by atoms with Gasteiger partial charge in [-0.25, -0.2) is 0 Å². The maximum absolute atomic E-state index is 6.14. The first kappa shape index (κ1) is 15.1. The van der Waals surface area contributed by atoms with Crippen LogP contribution in [-0.2, 0) is 4.74 Å². The van der Waals surface area contributed by atoms with Gasteiger partial charge in [-0.15, -0.1) is 0 Å². The van der Waals surface area contributed by atoms with Gasteiger partial charge in [0.15, 0.2) is 0 Å². The van der Waals surface area contributed by atoms with Crippen molar-refractivity contribution in [3.8, 4) is 5.75 Å². The summed E-state index contributed by atoms with van der Waals surface area (Å²) in [6.07, 6.45) is 2.39. The average molecular weight is 278 g/mol. The highest BCUT2D eigenvalue weighted by Crippen LogP contribution is 2.36. The molecule has 1 aromatic carbocycles. The molecule has 1 aromatic rings. The molecule has 20 heavy (non-hydrogen) atoms. The fourth-order valence-corrected chi connectivity index (χ4v) is 3.30. The number of nitrogens with zero attached hydrogens (tertiary/aromatic N) is 1. The summed E-state index contributed by atoms with van der Waals surface area (Å²) < 4.78 is 11.1. The van der Waals surface area contributed by atoms with Crippen molar-refractivity contribution in [2.24, 2.45) is 5.73 Å². The second kappa shape index (κ2) is 6.02. The summed E-state index contributed by atoms with van der Waals surface area (Å²) in [4.78, 5) is 2.31. The number of anilines is 1. The lowest BCUT2D eigenvalue weighted by atomic mass is 9.82. The van der Waals surface area contributed by atoms with Gasteiger partial charge in [-0.3, -0.25) is 0 Å². The number of methoxy groups -OCH3 is 1. The summed E-state index contributed by atoms with van der Waals surface area (Å²) in [5, 5.41) is 0. The van der Waals surface area contributed by atoms with Crippen LogP contribution in [0.3, 0.4) is 0 Å². The fraction of sp³-hybridized carbons (Fsp3) is 0.625. The smallest absolute Gasteiger partial charge is 0.119 e. The maximum Gasteiger partial charge on any atom is 0.119 e. The van der Waals surface area contributed by atoms with E-state index in [1.54, 1.807) is 7.11 Å². The molecular formula is C16H26N2O2. The largest absolute Gasteiger partial charge is 0.497 e. The molecule has 0 spiro atoms. The summed E-state index contributed by atoms with van der Waals surface area (Å²) in [6, 6.07) is 8.15. The third kappa shape index (κ3) is 2.91. The Hall–Kier alpha value is -1.26. The molecule has 4 heteroatoms. The van der Waals surface area contributed by atoms with Crippen LogP contribution in [0, 0.1) is 0 Å². The Morgan fingerprint density at radius 1 is 1.25 bits per heavy atom. The molecule has 2 rings (SSSR count). The SMILES string of the molecule is COc1ccc(N(C)C2(CN)CC(C)OC(C)C2)cc1. The lowest BCUT2D eigenvalue weighted by Gasteiger charge is -2.49. The zero-order valence-corrected chi connectivity index (χ0v) is 12.9. The Labute approximate surface area is 121 Å². The van der Waals surface area contributed by atoms with Gasteiger partial charge in [0, 0.05) is 19.3 Å². The van der Waals surface area contributed by atoms with Crippen LogP contribution >= 0.6 is 0 Å². The molecule has 2 N–H and O–H groups in total.